The van der Waals surface area contributed by atoms with Gasteiger partial charge in [-0.1, -0.05) is 78.9 Å². The number of carbonyl (C=O) groups is 2. The summed E-state index contributed by atoms with van der Waals surface area (Å²) in [6.07, 6.45) is -8.09. The number of fused-ring (bicyclic) bond motifs is 2. The fourth-order valence-corrected chi connectivity index (χ4v) is 6.25. The van der Waals surface area contributed by atoms with Crippen molar-refractivity contribution >= 4 is 12.1 Å². The van der Waals surface area contributed by atoms with E-state index in [1.54, 1.807) is 30.3 Å². The number of carbonyl (C=O) groups excluding carboxylic acids is 2. The number of hydrogen-bond acceptors (Lipinski definition) is 12. The van der Waals surface area contributed by atoms with Crippen molar-refractivity contribution in [3.63, 3.8) is 0 Å². The average molecular weight is 649 g/mol. The molecule has 4 aliphatic heterocycles. The lowest BCUT2D eigenvalue weighted by Crippen LogP contribution is -2.64. The Balaban J connectivity index is 1.11. The highest BCUT2D eigenvalue weighted by Gasteiger charge is 2.55. The third-order valence-electron chi connectivity index (χ3n) is 8.53. The van der Waals surface area contributed by atoms with E-state index in [4.69, 9.17) is 47.4 Å². The fourth-order valence-electron chi connectivity index (χ4n) is 6.25. The van der Waals surface area contributed by atoms with Gasteiger partial charge in [-0.3, -0.25) is 0 Å². The summed E-state index contributed by atoms with van der Waals surface area (Å²) in [5, 5.41) is 0. The van der Waals surface area contributed by atoms with Crippen LogP contribution in [0.25, 0.3) is 0 Å². The van der Waals surface area contributed by atoms with Gasteiger partial charge in [-0.05, 0) is 17.7 Å². The lowest BCUT2D eigenvalue weighted by Gasteiger charge is -2.49. The van der Waals surface area contributed by atoms with Crippen molar-refractivity contribution in [1.82, 2.24) is 0 Å². The van der Waals surface area contributed by atoms with Crippen molar-refractivity contribution in [3.8, 4) is 0 Å². The number of hydrogen-bond donors (Lipinski definition) is 0. The molecule has 0 aliphatic carbocycles. The second kappa shape index (κ2) is 14.5. The molecular weight excluding hydrogens is 612 g/mol. The third-order valence-corrected chi connectivity index (χ3v) is 8.53. The van der Waals surface area contributed by atoms with Crippen molar-refractivity contribution in [1.29, 1.82) is 0 Å². The molecule has 4 aliphatic rings. The van der Waals surface area contributed by atoms with E-state index in [-0.39, 0.29) is 26.2 Å². The standard InChI is InChI=1S/C35H36O12/c1-38-34-31(45-27-17-24-28(47-35(37)44-24)25(42-27)19-40-32(36)22-13-7-3-8-14-22)30(39-18-21-11-5-2-6-12-21)29-26(43-34)20-41-33(46-29)23-15-9-4-10-16-23/h2-16,24-31,33-34H,17-20H2,1H3/t24-,25-,26-,27-,28-,29-,30+,31-,33?,34-/m1/s1. The van der Waals surface area contributed by atoms with Gasteiger partial charge in [0.25, 0.3) is 0 Å². The maximum Gasteiger partial charge on any atom is 0.509 e. The highest BCUT2D eigenvalue weighted by atomic mass is 16.8. The highest BCUT2D eigenvalue weighted by molar-refractivity contribution is 5.89. The van der Waals surface area contributed by atoms with E-state index in [0.717, 1.165) is 11.1 Å². The first kappa shape index (κ1) is 31.7. The first-order valence-corrected chi connectivity index (χ1v) is 15.6. The van der Waals surface area contributed by atoms with Crippen LogP contribution in [-0.2, 0) is 54.0 Å². The number of benzene rings is 3. The molecule has 12 heteroatoms. The molecule has 0 bridgehead atoms. The van der Waals surface area contributed by atoms with E-state index < -0.39 is 73.7 Å². The minimum absolute atomic E-state index is 0.155. The summed E-state index contributed by atoms with van der Waals surface area (Å²) in [7, 11) is 1.52. The van der Waals surface area contributed by atoms with Gasteiger partial charge in [-0.25, -0.2) is 9.59 Å². The molecular formula is C35H36O12. The predicted molar refractivity (Wildman–Crippen MR) is 161 cm³/mol. The Hall–Kier alpha value is -3.88. The molecule has 0 amide bonds. The molecule has 3 aromatic carbocycles. The maximum atomic E-state index is 12.7. The van der Waals surface area contributed by atoms with Crippen LogP contribution in [0, 0.1) is 0 Å². The Morgan fingerprint density at radius 2 is 1.53 bits per heavy atom. The Kier molecular flexibility index (Phi) is 9.77. The van der Waals surface area contributed by atoms with Crippen molar-refractivity contribution in [2.24, 2.45) is 0 Å². The molecule has 47 heavy (non-hydrogen) atoms. The Bertz CT molecular complexity index is 1470. The van der Waals surface area contributed by atoms with Gasteiger partial charge < -0.3 is 47.4 Å². The van der Waals surface area contributed by atoms with Crippen LogP contribution in [0.2, 0.25) is 0 Å². The molecule has 10 atom stereocenters. The fraction of sp³-hybridized carbons (Fsp3) is 0.429. The van der Waals surface area contributed by atoms with E-state index >= 15 is 0 Å². The van der Waals surface area contributed by atoms with Gasteiger partial charge in [-0.15, -0.1) is 0 Å². The maximum absolute atomic E-state index is 12.7. The molecule has 4 fully saturated rings. The Labute approximate surface area is 271 Å². The van der Waals surface area contributed by atoms with Gasteiger partial charge in [0.05, 0.1) is 18.8 Å². The van der Waals surface area contributed by atoms with Crippen molar-refractivity contribution in [2.45, 2.75) is 74.6 Å². The molecule has 3 aromatic rings. The topological polar surface area (TPSA) is 126 Å². The van der Waals surface area contributed by atoms with Gasteiger partial charge in [-0.2, -0.15) is 0 Å². The second-order valence-corrected chi connectivity index (χ2v) is 11.6. The van der Waals surface area contributed by atoms with Crippen LogP contribution >= 0.6 is 0 Å². The van der Waals surface area contributed by atoms with E-state index in [9.17, 15) is 9.59 Å². The molecule has 0 N–H and O–H groups in total. The molecule has 4 saturated heterocycles. The van der Waals surface area contributed by atoms with Gasteiger partial charge in [0.2, 0.25) is 0 Å². The SMILES string of the molecule is CO[C@@H]1O[C@@H]2COC(c3ccccc3)O[C@H]2[C@H](OCc2ccccc2)[C@H]1O[C@@H]1C[C@H]2OC(=O)O[C@H]2[C@@H](COC(=O)c2ccccc2)O1. The van der Waals surface area contributed by atoms with Crippen molar-refractivity contribution in [2.75, 3.05) is 20.3 Å². The molecule has 12 nitrogen and oxygen atoms in total. The largest absolute Gasteiger partial charge is 0.509 e. The quantitative estimate of drug-likeness (QED) is 0.291. The van der Waals surface area contributed by atoms with Crippen LogP contribution < -0.4 is 0 Å². The summed E-state index contributed by atoms with van der Waals surface area (Å²) in [5.41, 5.74) is 2.20. The lowest BCUT2D eigenvalue weighted by molar-refractivity contribution is -0.385. The number of esters is 1. The Morgan fingerprint density at radius 3 is 2.28 bits per heavy atom. The number of ether oxygens (including phenoxy) is 10. The van der Waals surface area contributed by atoms with Gasteiger partial charge in [0, 0.05) is 19.1 Å². The minimum atomic E-state index is -0.929. The van der Waals surface area contributed by atoms with E-state index in [0.29, 0.717) is 5.56 Å². The normalized spacial score (nSPS) is 33.2. The highest BCUT2D eigenvalue weighted by Crippen LogP contribution is 2.39. The number of methoxy groups -OCH3 is 1. The zero-order valence-corrected chi connectivity index (χ0v) is 25.7. The van der Waals surface area contributed by atoms with Gasteiger partial charge >= 0.3 is 12.1 Å². The van der Waals surface area contributed by atoms with Crippen LogP contribution in [-0.4, -0.2) is 87.8 Å². The van der Waals surface area contributed by atoms with Crippen LogP contribution in [0.15, 0.2) is 91.0 Å². The third kappa shape index (κ3) is 7.19. The zero-order valence-electron chi connectivity index (χ0n) is 25.7. The summed E-state index contributed by atoms with van der Waals surface area (Å²) >= 11 is 0. The first-order chi connectivity index (χ1) is 23.1. The summed E-state index contributed by atoms with van der Waals surface area (Å²) < 4.78 is 60.4. The molecule has 0 spiro atoms. The molecule has 0 saturated carbocycles. The van der Waals surface area contributed by atoms with E-state index in [1.165, 1.54) is 7.11 Å². The molecule has 1 unspecified atom stereocenters. The molecule has 248 valence electrons. The average Bonchev–Trinajstić information content (AvgIpc) is 3.50. The molecule has 0 radical (unpaired) electrons. The minimum Gasteiger partial charge on any atom is -0.459 e. The summed E-state index contributed by atoms with van der Waals surface area (Å²) in [6, 6.07) is 28.0. The first-order valence-electron chi connectivity index (χ1n) is 15.6. The van der Waals surface area contributed by atoms with Crippen LogP contribution in [0.5, 0.6) is 0 Å². The monoisotopic (exact) mass is 648 g/mol. The summed E-state index contributed by atoms with van der Waals surface area (Å²) in [4.78, 5) is 24.8. The predicted octanol–water partition coefficient (Wildman–Crippen LogP) is 4.32. The van der Waals surface area contributed by atoms with E-state index in [2.05, 4.69) is 0 Å². The molecule has 4 heterocycles. The second-order valence-electron chi connectivity index (χ2n) is 11.6. The molecule has 7 rings (SSSR count). The van der Waals surface area contributed by atoms with E-state index in [1.807, 2.05) is 60.7 Å². The lowest BCUT2D eigenvalue weighted by atomic mass is 9.96. The van der Waals surface area contributed by atoms with Gasteiger partial charge in [0.15, 0.2) is 25.0 Å². The van der Waals surface area contributed by atoms with Gasteiger partial charge in [0.1, 0.15) is 43.2 Å². The van der Waals surface area contributed by atoms with Crippen LogP contribution in [0.3, 0.4) is 0 Å². The smallest absolute Gasteiger partial charge is 0.459 e. The summed E-state index contributed by atoms with van der Waals surface area (Å²) in [6.45, 7) is 0.316. The Morgan fingerprint density at radius 1 is 0.809 bits per heavy atom. The van der Waals surface area contributed by atoms with Crippen molar-refractivity contribution < 1.29 is 57.0 Å². The van der Waals surface area contributed by atoms with Crippen molar-refractivity contribution in [3.05, 3.63) is 108 Å². The van der Waals surface area contributed by atoms with Crippen LogP contribution in [0.4, 0.5) is 4.79 Å². The summed E-state index contributed by atoms with van der Waals surface area (Å²) in [5.74, 6) is -0.538. The molecule has 0 aromatic heterocycles. The number of rotatable bonds is 10. The van der Waals surface area contributed by atoms with Crippen LogP contribution in [0.1, 0.15) is 34.2 Å². The zero-order chi connectivity index (χ0) is 32.2.